The Morgan fingerprint density at radius 2 is 1.88 bits per heavy atom. The van der Waals surface area contributed by atoms with Gasteiger partial charge in [0.1, 0.15) is 5.75 Å². The molecular weight excluding hydrogens is 348 g/mol. The summed E-state index contributed by atoms with van der Waals surface area (Å²) in [5.74, 6) is 1.13. The van der Waals surface area contributed by atoms with Crippen LogP contribution in [0.4, 0.5) is 0 Å². The molecule has 3 nitrogen and oxygen atoms in total. The van der Waals surface area contributed by atoms with Crippen LogP contribution >= 0.6 is 11.6 Å². The van der Waals surface area contributed by atoms with E-state index in [2.05, 4.69) is 19.1 Å². The Balaban J connectivity index is 2.01. The number of alkyl halides is 1. The van der Waals surface area contributed by atoms with Crippen molar-refractivity contribution in [1.29, 1.82) is 0 Å². The maximum absolute atomic E-state index is 10.4. The Bertz CT molecular complexity index is 576. The van der Waals surface area contributed by atoms with Gasteiger partial charge in [-0.2, -0.15) is 0 Å². The number of aliphatic hydroxyl groups excluding tert-OH is 2. The Hall–Kier alpha value is -1.03. The van der Waals surface area contributed by atoms with Crippen molar-refractivity contribution >= 4 is 11.6 Å². The van der Waals surface area contributed by atoms with Crippen molar-refractivity contribution in [3.8, 4) is 5.75 Å². The summed E-state index contributed by atoms with van der Waals surface area (Å²) in [4.78, 5) is 0. The Labute approximate surface area is 163 Å². The molecule has 1 aromatic rings. The maximum atomic E-state index is 10.4. The number of hydrogen-bond donors (Lipinski definition) is 2. The van der Waals surface area contributed by atoms with Crippen molar-refractivity contribution in [3.63, 3.8) is 0 Å². The van der Waals surface area contributed by atoms with Gasteiger partial charge < -0.3 is 14.9 Å². The zero-order valence-electron chi connectivity index (χ0n) is 16.2. The fourth-order valence-electron chi connectivity index (χ4n) is 3.96. The number of unbranched alkanes of at least 4 members (excludes halogenated alkanes) is 1. The lowest BCUT2D eigenvalue weighted by molar-refractivity contribution is 0.0807. The quantitative estimate of drug-likeness (QED) is 0.487. The van der Waals surface area contributed by atoms with E-state index in [0.29, 0.717) is 19.4 Å². The van der Waals surface area contributed by atoms with E-state index < -0.39 is 6.10 Å². The molecule has 26 heavy (non-hydrogen) atoms. The Kier molecular flexibility index (Phi) is 8.46. The molecule has 0 spiro atoms. The first-order valence-corrected chi connectivity index (χ1v) is 10.2. The van der Waals surface area contributed by atoms with Crippen LogP contribution in [-0.4, -0.2) is 34.9 Å². The second kappa shape index (κ2) is 10.3. The minimum Gasteiger partial charge on any atom is -0.493 e. The van der Waals surface area contributed by atoms with Gasteiger partial charge in [0.15, 0.2) is 0 Å². The average Bonchev–Trinajstić information content (AvgIpc) is 2.86. The second-order valence-electron chi connectivity index (χ2n) is 7.46. The van der Waals surface area contributed by atoms with Gasteiger partial charge >= 0.3 is 0 Å². The maximum Gasteiger partial charge on any atom is 0.119 e. The number of aryl methyl sites for hydroxylation is 2. The monoisotopic (exact) mass is 380 g/mol. The van der Waals surface area contributed by atoms with Gasteiger partial charge in [-0.3, -0.25) is 0 Å². The molecule has 2 rings (SSSR count). The normalized spacial score (nSPS) is 25.9. The van der Waals surface area contributed by atoms with Crippen molar-refractivity contribution in [2.75, 3.05) is 13.2 Å². The second-order valence-corrected chi connectivity index (χ2v) is 8.02. The predicted octanol–water partition coefficient (Wildman–Crippen LogP) is 4.57. The number of aliphatic hydroxyl groups is 2. The molecule has 0 heterocycles. The van der Waals surface area contributed by atoms with E-state index in [4.69, 9.17) is 16.3 Å². The van der Waals surface area contributed by atoms with E-state index in [1.807, 2.05) is 26.0 Å². The topological polar surface area (TPSA) is 49.7 Å². The van der Waals surface area contributed by atoms with Crippen LogP contribution in [0.25, 0.3) is 0 Å². The molecule has 1 fully saturated rings. The highest BCUT2D eigenvalue weighted by Crippen LogP contribution is 2.39. The number of rotatable bonds is 9. The molecule has 0 amide bonds. The van der Waals surface area contributed by atoms with Gasteiger partial charge in [0, 0.05) is 17.9 Å². The third kappa shape index (κ3) is 5.48. The predicted molar refractivity (Wildman–Crippen MR) is 108 cm³/mol. The highest BCUT2D eigenvalue weighted by molar-refractivity contribution is 6.21. The summed E-state index contributed by atoms with van der Waals surface area (Å²) in [6.07, 6.45) is 8.43. The fourth-order valence-corrected chi connectivity index (χ4v) is 4.44. The molecule has 0 aliphatic heterocycles. The molecular formula is C22H33ClO3. The molecule has 4 atom stereocenters. The van der Waals surface area contributed by atoms with Gasteiger partial charge in [-0.15, -0.1) is 11.6 Å². The smallest absolute Gasteiger partial charge is 0.119 e. The van der Waals surface area contributed by atoms with Crippen molar-refractivity contribution in [2.45, 2.75) is 64.4 Å². The first-order valence-electron chi connectivity index (χ1n) is 9.78. The molecule has 1 saturated carbocycles. The molecule has 1 aliphatic rings. The van der Waals surface area contributed by atoms with E-state index in [9.17, 15) is 10.2 Å². The van der Waals surface area contributed by atoms with E-state index in [-0.39, 0.29) is 23.8 Å². The van der Waals surface area contributed by atoms with Gasteiger partial charge in [-0.05, 0) is 74.3 Å². The van der Waals surface area contributed by atoms with Crippen LogP contribution in [0.2, 0.25) is 0 Å². The molecule has 0 radical (unpaired) electrons. The van der Waals surface area contributed by atoms with E-state index >= 15 is 0 Å². The lowest BCUT2D eigenvalue weighted by Crippen LogP contribution is -2.27. The molecule has 1 aliphatic carbocycles. The van der Waals surface area contributed by atoms with Gasteiger partial charge in [-0.1, -0.05) is 25.5 Å². The van der Waals surface area contributed by atoms with Crippen molar-refractivity contribution in [2.24, 2.45) is 11.8 Å². The van der Waals surface area contributed by atoms with Crippen molar-refractivity contribution < 1.29 is 14.9 Å². The molecule has 0 aromatic heterocycles. The Morgan fingerprint density at radius 3 is 2.50 bits per heavy atom. The van der Waals surface area contributed by atoms with Gasteiger partial charge in [0.2, 0.25) is 0 Å². The van der Waals surface area contributed by atoms with Crippen LogP contribution in [0.5, 0.6) is 5.75 Å². The third-order valence-electron chi connectivity index (χ3n) is 5.48. The number of ether oxygens (including phenoxy) is 1. The largest absolute Gasteiger partial charge is 0.493 e. The van der Waals surface area contributed by atoms with Gasteiger partial charge in [0.05, 0.1) is 12.7 Å². The van der Waals surface area contributed by atoms with Crippen LogP contribution in [0.15, 0.2) is 24.3 Å². The number of benzene rings is 1. The van der Waals surface area contributed by atoms with E-state index in [0.717, 1.165) is 36.1 Å². The molecule has 1 aromatic carbocycles. The molecule has 0 saturated heterocycles. The molecule has 2 N–H and O–H groups in total. The summed E-state index contributed by atoms with van der Waals surface area (Å²) >= 11 is 6.50. The minimum absolute atomic E-state index is 0.000258. The number of halogens is 1. The summed E-state index contributed by atoms with van der Waals surface area (Å²) in [6.45, 7) is 6.90. The van der Waals surface area contributed by atoms with E-state index in [1.165, 1.54) is 5.56 Å². The third-order valence-corrected chi connectivity index (χ3v) is 5.98. The summed E-state index contributed by atoms with van der Waals surface area (Å²) in [7, 11) is 0. The highest BCUT2D eigenvalue weighted by Gasteiger charge is 2.41. The average molecular weight is 381 g/mol. The van der Waals surface area contributed by atoms with Crippen molar-refractivity contribution in [1.82, 2.24) is 0 Å². The molecule has 4 heteroatoms. The standard InChI is InChI=1S/C22H33ClO3/c1-4-5-6-7-8-19-20(22(25)13-21(19)23)14-26-17-11-15(2)18(9-10-24)16(3)12-17/h6-7,11-12,19-22,24-25H,4-5,8-10,13-14H2,1-3H3/b7-6-/t19-,20-,21-,22-/m1/s1. The molecule has 0 bridgehead atoms. The summed E-state index contributed by atoms with van der Waals surface area (Å²) in [6, 6.07) is 4.04. The zero-order valence-corrected chi connectivity index (χ0v) is 17.0. The van der Waals surface area contributed by atoms with Gasteiger partial charge in [-0.25, -0.2) is 0 Å². The number of allylic oxidation sites excluding steroid dienone is 2. The lowest BCUT2D eigenvalue weighted by Gasteiger charge is -2.23. The van der Waals surface area contributed by atoms with Crippen LogP contribution in [0.1, 0.15) is 49.3 Å². The summed E-state index contributed by atoms with van der Waals surface area (Å²) < 4.78 is 6.06. The first kappa shape index (κ1) is 21.3. The minimum atomic E-state index is -0.405. The molecule has 146 valence electrons. The number of hydrogen-bond acceptors (Lipinski definition) is 3. The highest BCUT2D eigenvalue weighted by atomic mass is 35.5. The van der Waals surface area contributed by atoms with Crippen LogP contribution < -0.4 is 4.74 Å². The van der Waals surface area contributed by atoms with Crippen LogP contribution in [-0.2, 0) is 6.42 Å². The van der Waals surface area contributed by atoms with Crippen LogP contribution in [0, 0.1) is 25.7 Å². The zero-order chi connectivity index (χ0) is 19.1. The fraction of sp³-hybridized carbons (Fsp3) is 0.636. The van der Waals surface area contributed by atoms with Gasteiger partial charge in [0.25, 0.3) is 0 Å². The summed E-state index contributed by atoms with van der Waals surface area (Å²) in [5.41, 5.74) is 3.45. The first-order chi connectivity index (χ1) is 12.5. The van der Waals surface area contributed by atoms with Crippen LogP contribution in [0.3, 0.4) is 0 Å². The van der Waals surface area contributed by atoms with Crippen molar-refractivity contribution in [3.05, 3.63) is 41.0 Å². The lowest BCUT2D eigenvalue weighted by atomic mass is 9.92. The molecule has 0 unspecified atom stereocenters. The summed E-state index contributed by atoms with van der Waals surface area (Å²) in [5, 5.41) is 19.6. The Morgan fingerprint density at radius 1 is 1.19 bits per heavy atom. The SMILES string of the molecule is CCC/C=C\C[C@@H]1[C@@H](COc2cc(C)c(CCO)c(C)c2)[C@H](O)C[C@H]1Cl. The van der Waals surface area contributed by atoms with E-state index in [1.54, 1.807) is 0 Å².